The van der Waals surface area contributed by atoms with Crippen molar-refractivity contribution in [2.24, 2.45) is 0 Å². The van der Waals surface area contributed by atoms with E-state index in [4.69, 9.17) is 26.1 Å². The van der Waals surface area contributed by atoms with Crippen LogP contribution in [0.3, 0.4) is 0 Å². The molecule has 5 rings (SSSR count). The average molecular weight is 441 g/mol. The highest BCUT2D eigenvalue weighted by molar-refractivity contribution is 6.33. The number of nitrogens with one attached hydrogen (secondary N) is 1. The lowest BCUT2D eigenvalue weighted by molar-refractivity contribution is 0.122. The van der Waals surface area contributed by atoms with Crippen molar-refractivity contribution in [3.8, 4) is 11.6 Å². The summed E-state index contributed by atoms with van der Waals surface area (Å²) in [7, 11) is 2.07. The molecule has 1 N–H and O–H groups in total. The van der Waals surface area contributed by atoms with E-state index < -0.39 is 0 Å². The molecule has 1 atom stereocenters. The molecule has 9 heteroatoms. The molecule has 0 aliphatic carbocycles. The van der Waals surface area contributed by atoms with E-state index in [9.17, 15) is 0 Å². The molecule has 0 radical (unpaired) electrons. The van der Waals surface area contributed by atoms with Crippen LogP contribution < -0.4 is 19.9 Å². The van der Waals surface area contributed by atoms with E-state index in [2.05, 4.69) is 32.1 Å². The van der Waals surface area contributed by atoms with E-state index in [0.717, 1.165) is 49.6 Å². The van der Waals surface area contributed by atoms with Crippen molar-refractivity contribution < 1.29 is 9.47 Å². The molecule has 0 spiro atoms. The Bertz CT molecular complexity index is 1070. The van der Waals surface area contributed by atoms with Crippen LogP contribution in [0.15, 0.2) is 36.7 Å². The van der Waals surface area contributed by atoms with Crippen molar-refractivity contribution in [2.45, 2.75) is 12.5 Å². The van der Waals surface area contributed by atoms with Crippen molar-refractivity contribution in [2.75, 3.05) is 56.2 Å². The first-order valence-electron chi connectivity index (χ1n) is 10.5. The van der Waals surface area contributed by atoms with Gasteiger partial charge in [-0.2, -0.15) is 4.98 Å². The highest BCUT2D eigenvalue weighted by atomic mass is 35.5. The first-order chi connectivity index (χ1) is 15.2. The van der Waals surface area contributed by atoms with E-state index >= 15 is 0 Å². The minimum absolute atomic E-state index is 0.417. The van der Waals surface area contributed by atoms with Gasteiger partial charge in [0, 0.05) is 38.8 Å². The van der Waals surface area contributed by atoms with Crippen LogP contribution in [0.1, 0.15) is 6.42 Å². The lowest BCUT2D eigenvalue weighted by Crippen LogP contribution is -2.36. The standard InChI is InChI=1S/C22H25ClN6O2/c1-28(15-6-7-24-13-15)20-5-3-18-21(27-20)22(26-14-25-18)31-16-2-4-19(17(23)12-16)29-8-10-30-11-9-29/h2-5,12,14-15,24H,6-11,13H2,1H3. The Morgan fingerprint density at radius 1 is 1.19 bits per heavy atom. The molecule has 0 bridgehead atoms. The van der Waals surface area contributed by atoms with Gasteiger partial charge in [0.05, 0.1) is 29.4 Å². The lowest BCUT2D eigenvalue weighted by Gasteiger charge is -2.29. The molecule has 162 valence electrons. The van der Waals surface area contributed by atoms with E-state index in [1.165, 1.54) is 6.33 Å². The number of pyridine rings is 1. The summed E-state index contributed by atoms with van der Waals surface area (Å²) < 4.78 is 11.5. The van der Waals surface area contributed by atoms with Crippen LogP contribution in [-0.4, -0.2) is 67.4 Å². The molecule has 2 aliphatic rings. The number of benzene rings is 1. The van der Waals surface area contributed by atoms with Gasteiger partial charge < -0.3 is 24.6 Å². The zero-order valence-electron chi connectivity index (χ0n) is 17.4. The zero-order valence-corrected chi connectivity index (χ0v) is 18.2. The first-order valence-corrected chi connectivity index (χ1v) is 10.9. The molecular formula is C22H25ClN6O2. The number of hydrogen-bond donors (Lipinski definition) is 1. The van der Waals surface area contributed by atoms with Crippen molar-refractivity contribution in [3.63, 3.8) is 0 Å². The second kappa shape index (κ2) is 8.82. The van der Waals surface area contributed by atoms with Crippen LogP contribution in [0.4, 0.5) is 11.5 Å². The topological polar surface area (TPSA) is 75.6 Å². The number of aromatic nitrogens is 3. The average Bonchev–Trinajstić information content (AvgIpc) is 3.34. The molecule has 1 unspecified atom stereocenters. The second-order valence-electron chi connectivity index (χ2n) is 7.79. The number of anilines is 2. The van der Waals surface area contributed by atoms with Crippen LogP contribution in [0.2, 0.25) is 5.02 Å². The lowest BCUT2D eigenvalue weighted by atomic mass is 10.2. The van der Waals surface area contributed by atoms with Gasteiger partial charge in [-0.3, -0.25) is 0 Å². The molecule has 0 amide bonds. The maximum absolute atomic E-state index is 6.56. The molecule has 2 fully saturated rings. The molecular weight excluding hydrogens is 416 g/mol. The summed E-state index contributed by atoms with van der Waals surface area (Å²) in [5.41, 5.74) is 2.35. The fourth-order valence-corrected chi connectivity index (χ4v) is 4.35. The number of likely N-dealkylation sites (N-methyl/N-ethyl adjacent to an activating group) is 1. The normalized spacial score (nSPS) is 19.0. The van der Waals surface area contributed by atoms with E-state index in [1.807, 2.05) is 30.3 Å². The van der Waals surface area contributed by atoms with Gasteiger partial charge in [-0.15, -0.1) is 0 Å². The van der Waals surface area contributed by atoms with E-state index in [1.54, 1.807) is 0 Å². The summed E-state index contributed by atoms with van der Waals surface area (Å²) in [5, 5.41) is 4.03. The minimum Gasteiger partial charge on any atom is -0.437 e. The summed E-state index contributed by atoms with van der Waals surface area (Å²) in [4.78, 5) is 17.9. The van der Waals surface area contributed by atoms with Crippen molar-refractivity contribution >= 4 is 34.1 Å². The minimum atomic E-state index is 0.417. The van der Waals surface area contributed by atoms with Crippen molar-refractivity contribution in [1.29, 1.82) is 0 Å². The zero-order chi connectivity index (χ0) is 21.2. The Kier molecular flexibility index (Phi) is 5.76. The highest BCUT2D eigenvalue weighted by Gasteiger charge is 2.21. The van der Waals surface area contributed by atoms with Gasteiger partial charge in [0.1, 0.15) is 17.9 Å². The van der Waals surface area contributed by atoms with Crippen LogP contribution in [0.25, 0.3) is 11.0 Å². The van der Waals surface area contributed by atoms with Crippen LogP contribution in [0.5, 0.6) is 11.6 Å². The van der Waals surface area contributed by atoms with Gasteiger partial charge in [0.15, 0.2) is 5.52 Å². The Morgan fingerprint density at radius 3 is 2.84 bits per heavy atom. The van der Waals surface area contributed by atoms with Crippen LogP contribution in [-0.2, 0) is 4.74 Å². The molecule has 31 heavy (non-hydrogen) atoms. The van der Waals surface area contributed by atoms with Gasteiger partial charge in [-0.05, 0) is 37.2 Å². The quantitative estimate of drug-likeness (QED) is 0.648. The van der Waals surface area contributed by atoms with E-state index in [0.29, 0.717) is 41.4 Å². The van der Waals surface area contributed by atoms with Gasteiger partial charge >= 0.3 is 0 Å². The number of morpholine rings is 1. The Labute approximate surface area is 186 Å². The number of nitrogens with zero attached hydrogens (tertiary/aromatic N) is 5. The number of rotatable bonds is 5. The number of hydrogen-bond acceptors (Lipinski definition) is 8. The summed E-state index contributed by atoms with van der Waals surface area (Å²) >= 11 is 6.56. The van der Waals surface area contributed by atoms with Gasteiger partial charge in [0.25, 0.3) is 0 Å². The Hall–Kier alpha value is -2.68. The third-order valence-corrected chi connectivity index (χ3v) is 6.17. The van der Waals surface area contributed by atoms with Crippen LogP contribution >= 0.6 is 11.6 Å². The molecule has 2 saturated heterocycles. The largest absolute Gasteiger partial charge is 0.437 e. The summed E-state index contributed by atoms with van der Waals surface area (Å²) in [5.74, 6) is 1.91. The summed E-state index contributed by atoms with van der Waals surface area (Å²) in [6, 6.07) is 10.1. The smallest absolute Gasteiger partial charge is 0.249 e. The number of ether oxygens (including phenoxy) is 2. The molecule has 0 saturated carbocycles. The SMILES string of the molecule is CN(c1ccc2ncnc(Oc3ccc(N4CCOCC4)c(Cl)c3)c2n1)C1CCNC1. The number of fused-ring (bicyclic) bond motifs is 1. The Morgan fingerprint density at radius 2 is 2.06 bits per heavy atom. The Balaban J connectivity index is 1.42. The van der Waals surface area contributed by atoms with E-state index in [-0.39, 0.29) is 0 Å². The van der Waals surface area contributed by atoms with Gasteiger partial charge in [0.2, 0.25) is 5.88 Å². The molecule has 2 aliphatic heterocycles. The van der Waals surface area contributed by atoms with Crippen molar-refractivity contribution in [3.05, 3.63) is 41.7 Å². The second-order valence-corrected chi connectivity index (χ2v) is 8.20. The summed E-state index contributed by atoms with van der Waals surface area (Å²) in [6.07, 6.45) is 2.59. The van der Waals surface area contributed by atoms with Gasteiger partial charge in [-0.1, -0.05) is 11.6 Å². The molecule has 4 heterocycles. The highest BCUT2D eigenvalue weighted by Crippen LogP contribution is 2.33. The monoisotopic (exact) mass is 440 g/mol. The van der Waals surface area contributed by atoms with Gasteiger partial charge in [-0.25, -0.2) is 9.97 Å². The first kappa shape index (κ1) is 20.2. The third-order valence-electron chi connectivity index (χ3n) is 5.86. The molecule has 1 aromatic carbocycles. The predicted octanol–water partition coefficient (Wildman–Crippen LogP) is 3.11. The molecule has 3 aromatic rings. The molecule has 8 nitrogen and oxygen atoms in total. The summed E-state index contributed by atoms with van der Waals surface area (Å²) in [6.45, 7) is 5.06. The van der Waals surface area contributed by atoms with Crippen molar-refractivity contribution in [1.82, 2.24) is 20.3 Å². The maximum Gasteiger partial charge on any atom is 0.249 e. The maximum atomic E-state index is 6.56. The fraction of sp³-hybridized carbons (Fsp3) is 0.409. The predicted molar refractivity (Wildman–Crippen MR) is 122 cm³/mol. The number of halogens is 1. The van der Waals surface area contributed by atoms with Crippen LogP contribution in [0, 0.1) is 0 Å². The fourth-order valence-electron chi connectivity index (χ4n) is 4.06. The third kappa shape index (κ3) is 4.23. The molecule has 2 aromatic heterocycles.